The fourth-order valence-corrected chi connectivity index (χ4v) is 3.07. The van der Waals surface area contributed by atoms with Crippen LogP contribution in [0.3, 0.4) is 0 Å². The highest BCUT2D eigenvalue weighted by molar-refractivity contribution is 14.0. The van der Waals surface area contributed by atoms with Crippen LogP contribution in [0.5, 0.6) is 11.5 Å². The lowest BCUT2D eigenvalue weighted by molar-refractivity contribution is 0.0996. The zero-order valence-corrected chi connectivity index (χ0v) is 21.2. The molecule has 176 valence electrons. The molecular weight excluding hydrogens is 535 g/mol. The van der Waals surface area contributed by atoms with Gasteiger partial charge in [-0.15, -0.1) is 24.0 Å². The molecule has 0 bridgehead atoms. The normalized spacial score (nSPS) is 10.7. The highest BCUT2D eigenvalue weighted by atomic mass is 127. The molecule has 0 unspecified atom stereocenters. The molecule has 0 aliphatic heterocycles. The molecule has 1 amide bonds. The molecule has 0 spiro atoms. The monoisotopic (exact) mass is 564 g/mol. The van der Waals surface area contributed by atoms with E-state index in [1.807, 2.05) is 42.5 Å². The number of nitrogens with zero attached hydrogens (tertiary/aromatic N) is 1. The predicted octanol–water partition coefficient (Wildman–Crippen LogP) is 4.07. The summed E-state index contributed by atoms with van der Waals surface area (Å²) in [5.41, 5.74) is 2.90. The molecule has 0 fully saturated rings. The van der Waals surface area contributed by atoms with Crippen molar-refractivity contribution in [1.29, 1.82) is 0 Å². The summed E-state index contributed by atoms with van der Waals surface area (Å²) in [4.78, 5) is 16.3. The van der Waals surface area contributed by atoms with Crippen molar-refractivity contribution in [3.63, 3.8) is 0 Å². The summed E-state index contributed by atoms with van der Waals surface area (Å²) in [5.74, 6) is 2.14. The lowest BCUT2D eigenvalue weighted by Gasteiger charge is -2.13. The van der Waals surface area contributed by atoms with Crippen molar-refractivity contribution >= 4 is 41.5 Å². The smallest absolute Gasteiger partial charge is 0.291 e. The highest BCUT2D eigenvalue weighted by Gasteiger charge is 2.08. The number of nitrogens with one attached hydrogen (secondary N) is 3. The fraction of sp³-hybridized carbons (Fsp3) is 0.250. The van der Waals surface area contributed by atoms with E-state index < -0.39 is 0 Å². The van der Waals surface area contributed by atoms with Gasteiger partial charge in [-0.25, -0.2) is 0 Å². The number of benzene rings is 2. The number of ether oxygens (including phenoxy) is 2. The second-order valence-electron chi connectivity index (χ2n) is 6.92. The number of carbonyl (C=O) groups excluding carboxylic acids is 1. The molecule has 8 nitrogen and oxygen atoms in total. The summed E-state index contributed by atoms with van der Waals surface area (Å²) in [6, 6.07) is 16.8. The van der Waals surface area contributed by atoms with Crippen LogP contribution in [0.25, 0.3) is 0 Å². The van der Waals surface area contributed by atoms with Gasteiger partial charge in [0.2, 0.25) is 0 Å². The molecule has 3 aromatic rings. The third kappa shape index (κ3) is 7.70. The van der Waals surface area contributed by atoms with Gasteiger partial charge in [0.05, 0.1) is 20.5 Å². The number of rotatable bonds is 9. The van der Waals surface area contributed by atoms with Crippen LogP contribution in [-0.2, 0) is 13.0 Å². The second-order valence-corrected chi connectivity index (χ2v) is 6.92. The van der Waals surface area contributed by atoms with Crippen LogP contribution < -0.4 is 25.4 Å². The minimum atomic E-state index is -0.278. The van der Waals surface area contributed by atoms with E-state index in [2.05, 4.69) is 20.9 Å². The van der Waals surface area contributed by atoms with Crippen molar-refractivity contribution < 1.29 is 18.7 Å². The molecule has 33 heavy (non-hydrogen) atoms. The molecule has 0 aliphatic rings. The summed E-state index contributed by atoms with van der Waals surface area (Å²) in [6.45, 7) is 1.31. The Balaban J connectivity index is 0.00000385. The second kappa shape index (κ2) is 13.4. The van der Waals surface area contributed by atoms with Crippen LogP contribution >= 0.6 is 24.0 Å². The summed E-state index contributed by atoms with van der Waals surface area (Å²) in [5, 5.41) is 9.39. The lowest BCUT2D eigenvalue weighted by Crippen LogP contribution is -2.37. The SMILES string of the molecule is CN=C(NCCc1ccc(OC)c(OC)c1)NCc1ccc(NC(=O)c2ccco2)cc1.I. The zero-order chi connectivity index (χ0) is 22.8. The van der Waals surface area contributed by atoms with E-state index >= 15 is 0 Å². The molecule has 1 heterocycles. The molecule has 3 rings (SSSR count). The van der Waals surface area contributed by atoms with E-state index in [1.54, 1.807) is 33.4 Å². The molecule has 0 saturated carbocycles. The number of guanidine groups is 1. The van der Waals surface area contributed by atoms with Crippen LogP contribution in [0, 0.1) is 0 Å². The largest absolute Gasteiger partial charge is 0.493 e. The maximum absolute atomic E-state index is 12.0. The Morgan fingerprint density at radius 2 is 1.70 bits per heavy atom. The quantitative estimate of drug-likeness (QED) is 0.206. The Bertz CT molecular complexity index is 1040. The van der Waals surface area contributed by atoms with Crippen LogP contribution in [0.4, 0.5) is 5.69 Å². The molecular formula is C24H29IN4O4. The maximum atomic E-state index is 12.0. The predicted molar refractivity (Wildman–Crippen MR) is 140 cm³/mol. The Labute approximate surface area is 210 Å². The lowest BCUT2D eigenvalue weighted by atomic mass is 10.1. The van der Waals surface area contributed by atoms with E-state index in [0.717, 1.165) is 23.3 Å². The number of hydrogen-bond donors (Lipinski definition) is 3. The van der Waals surface area contributed by atoms with Crippen molar-refractivity contribution in [3.05, 3.63) is 77.7 Å². The first kappa shape index (κ1) is 26.0. The third-order valence-electron chi connectivity index (χ3n) is 4.79. The van der Waals surface area contributed by atoms with E-state index in [9.17, 15) is 4.79 Å². The standard InChI is InChI=1S/C24H28N4O4.HI/c1-25-24(26-13-12-17-8-11-20(30-2)22(15-17)31-3)27-16-18-6-9-19(10-7-18)28-23(29)21-5-4-14-32-21;/h4-11,14-15H,12-13,16H2,1-3H3,(H,28,29)(H2,25,26,27);1H. The topological polar surface area (TPSA) is 97.1 Å². The van der Waals surface area contributed by atoms with Gasteiger partial charge in [0, 0.05) is 25.8 Å². The van der Waals surface area contributed by atoms with Crippen molar-refractivity contribution in [2.45, 2.75) is 13.0 Å². The molecule has 3 N–H and O–H groups in total. The van der Waals surface area contributed by atoms with E-state index in [1.165, 1.54) is 6.26 Å². The number of anilines is 1. The minimum absolute atomic E-state index is 0. The number of furan rings is 1. The van der Waals surface area contributed by atoms with Gasteiger partial charge in [-0.2, -0.15) is 0 Å². The van der Waals surface area contributed by atoms with E-state index in [-0.39, 0.29) is 35.6 Å². The van der Waals surface area contributed by atoms with Gasteiger partial charge in [-0.05, 0) is 53.9 Å². The number of amides is 1. The minimum Gasteiger partial charge on any atom is -0.493 e. The first-order valence-electron chi connectivity index (χ1n) is 10.2. The van der Waals surface area contributed by atoms with Crippen LogP contribution in [0.15, 0.2) is 70.3 Å². The molecule has 9 heteroatoms. The Morgan fingerprint density at radius 1 is 0.970 bits per heavy atom. The van der Waals surface area contributed by atoms with E-state index in [4.69, 9.17) is 13.9 Å². The summed E-state index contributed by atoms with van der Waals surface area (Å²) < 4.78 is 15.7. The highest BCUT2D eigenvalue weighted by Crippen LogP contribution is 2.27. The number of halogens is 1. The molecule has 0 radical (unpaired) electrons. The number of hydrogen-bond acceptors (Lipinski definition) is 5. The van der Waals surface area contributed by atoms with Gasteiger partial charge < -0.3 is 29.8 Å². The average Bonchev–Trinajstić information content (AvgIpc) is 3.37. The van der Waals surface area contributed by atoms with Crippen molar-refractivity contribution in [3.8, 4) is 11.5 Å². The molecule has 0 atom stereocenters. The Morgan fingerprint density at radius 3 is 2.33 bits per heavy atom. The number of carbonyl (C=O) groups is 1. The van der Waals surface area contributed by atoms with Gasteiger partial charge in [-0.3, -0.25) is 9.79 Å². The van der Waals surface area contributed by atoms with Gasteiger partial charge in [0.1, 0.15) is 0 Å². The van der Waals surface area contributed by atoms with Crippen molar-refractivity contribution in [2.75, 3.05) is 33.1 Å². The van der Waals surface area contributed by atoms with Gasteiger partial charge >= 0.3 is 0 Å². The zero-order valence-electron chi connectivity index (χ0n) is 18.9. The van der Waals surface area contributed by atoms with Crippen molar-refractivity contribution in [2.24, 2.45) is 4.99 Å². The van der Waals surface area contributed by atoms with Crippen molar-refractivity contribution in [1.82, 2.24) is 10.6 Å². The first-order valence-corrected chi connectivity index (χ1v) is 10.2. The third-order valence-corrected chi connectivity index (χ3v) is 4.79. The van der Waals surface area contributed by atoms with Gasteiger partial charge in [0.25, 0.3) is 5.91 Å². The molecule has 0 aliphatic carbocycles. The van der Waals surface area contributed by atoms with Crippen LogP contribution in [-0.4, -0.2) is 39.7 Å². The summed E-state index contributed by atoms with van der Waals surface area (Å²) >= 11 is 0. The van der Waals surface area contributed by atoms with Crippen LogP contribution in [0.1, 0.15) is 21.7 Å². The van der Waals surface area contributed by atoms with Crippen LogP contribution in [0.2, 0.25) is 0 Å². The molecule has 2 aromatic carbocycles. The first-order chi connectivity index (χ1) is 15.6. The van der Waals surface area contributed by atoms with E-state index in [0.29, 0.717) is 30.5 Å². The maximum Gasteiger partial charge on any atom is 0.291 e. The molecule has 1 aromatic heterocycles. The number of methoxy groups -OCH3 is 2. The molecule has 0 saturated heterocycles. The van der Waals surface area contributed by atoms with Gasteiger partial charge in [0.15, 0.2) is 23.2 Å². The Kier molecular flexibility index (Phi) is 10.5. The average molecular weight is 564 g/mol. The summed E-state index contributed by atoms with van der Waals surface area (Å²) in [7, 11) is 4.99. The van der Waals surface area contributed by atoms with Gasteiger partial charge in [-0.1, -0.05) is 18.2 Å². The summed E-state index contributed by atoms with van der Waals surface area (Å²) in [6.07, 6.45) is 2.28. The number of aliphatic imine (C=N–C) groups is 1. The fourth-order valence-electron chi connectivity index (χ4n) is 3.07. The Hall–Kier alpha value is -3.21.